The van der Waals surface area contributed by atoms with Gasteiger partial charge in [-0.15, -0.1) is 0 Å². The highest BCUT2D eigenvalue weighted by molar-refractivity contribution is 5.99. The minimum absolute atomic E-state index is 0.979. The predicted molar refractivity (Wildman–Crippen MR) is 141 cm³/mol. The zero-order valence-corrected chi connectivity index (χ0v) is 18.6. The number of pyridine rings is 2. The van der Waals surface area contributed by atoms with Gasteiger partial charge in [-0.25, -0.2) is 4.98 Å². The first-order valence-electron chi connectivity index (χ1n) is 11.4. The molecule has 2 heteroatoms. The third-order valence-electron chi connectivity index (χ3n) is 6.18. The van der Waals surface area contributed by atoms with E-state index in [0.717, 1.165) is 33.3 Å². The standard InChI is InChI=1S/C32H22N2/c1-3-8-23(9-4-1)27-17-18-31-30(20-27)29(21-32(34-31)26-10-5-2-6-11-26)25-15-13-24(14-16-25)28-12-7-19-33-22-28/h1-22H. The van der Waals surface area contributed by atoms with Crippen LogP contribution in [-0.4, -0.2) is 9.97 Å². The van der Waals surface area contributed by atoms with Crippen LogP contribution in [0, 0.1) is 0 Å². The maximum atomic E-state index is 5.02. The Bertz CT molecular complexity index is 1560. The Labute approximate surface area is 199 Å². The Balaban J connectivity index is 1.54. The smallest absolute Gasteiger partial charge is 0.0716 e. The number of aromatic nitrogens is 2. The molecule has 6 aromatic rings. The molecule has 0 aliphatic heterocycles. The van der Waals surface area contributed by atoms with Crippen molar-refractivity contribution in [3.8, 4) is 44.6 Å². The predicted octanol–water partition coefficient (Wildman–Crippen LogP) is 8.30. The third kappa shape index (κ3) is 3.87. The molecule has 0 saturated heterocycles. The third-order valence-corrected chi connectivity index (χ3v) is 6.18. The lowest BCUT2D eigenvalue weighted by Gasteiger charge is -2.13. The van der Waals surface area contributed by atoms with Crippen LogP contribution in [0.3, 0.4) is 0 Å². The summed E-state index contributed by atoms with van der Waals surface area (Å²) in [6.45, 7) is 0. The quantitative estimate of drug-likeness (QED) is 0.279. The summed E-state index contributed by atoms with van der Waals surface area (Å²) < 4.78 is 0. The van der Waals surface area contributed by atoms with Crippen LogP contribution >= 0.6 is 0 Å². The molecule has 0 spiro atoms. The molecule has 2 aromatic heterocycles. The molecule has 0 bridgehead atoms. The topological polar surface area (TPSA) is 25.8 Å². The van der Waals surface area contributed by atoms with Crippen molar-refractivity contribution in [1.82, 2.24) is 9.97 Å². The van der Waals surface area contributed by atoms with E-state index in [0.29, 0.717) is 0 Å². The van der Waals surface area contributed by atoms with Crippen molar-refractivity contribution in [2.45, 2.75) is 0 Å². The summed E-state index contributed by atoms with van der Waals surface area (Å²) in [5, 5.41) is 1.15. The van der Waals surface area contributed by atoms with Gasteiger partial charge in [-0.2, -0.15) is 0 Å². The molecule has 160 valence electrons. The SMILES string of the molecule is c1ccc(-c2ccc3nc(-c4ccccc4)cc(-c4ccc(-c5cccnc5)cc4)c3c2)cc1. The molecule has 0 unspecified atom stereocenters. The Morgan fingerprint density at radius 1 is 0.441 bits per heavy atom. The molecule has 6 rings (SSSR count). The molecular weight excluding hydrogens is 412 g/mol. The second-order valence-electron chi connectivity index (χ2n) is 8.34. The van der Waals surface area contributed by atoms with Crippen LogP contribution in [0.1, 0.15) is 0 Å². The highest BCUT2D eigenvalue weighted by Gasteiger charge is 2.11. The molecule has 2 heterocycles. The summed E-state index contributed by atoms with van der Waals surface area (Å²) in [5.41, 5.74) is 10.1. The Hall–Kier alpha value is -4.56. The van der Waals surface area contributed by atoms with Crippen molar-refractivity contribution in [1.29, 1.82) is 0 Å². The summed E-state index contributed by atoms with van der Waals surface area (Å²) in [6.07, 6.45) is 3.70. The summed E-state index contributed by atoms with van der Waals surface area (Å²) >= 11 is 0. The number of hydrogen-bond acceptors (Lipinski definition) is 2. The average Bonchev–Trinajstić information content (AvgIpc) is 2.94. The first-order chi connectivity index (χ1) is 16.8. The zero-order valence-electron chi connectivity index (χ0n) is 18.6. The minimum Gasteiger partial charge on any atom is -0.264 e. The Morgan fingerprint density at radius 2 is 1.06 bits per heavy atom. The van der Waals surface area contributed by atoms with Crippen molar-refractivity contribution in [2.24, 2.45) is 0 Å². The van der Waals surface area contributed by atoms with Crippen molar-refractivity contribution >= 4 is 10.9 Å². The maximum Gasteiger partial charge on any atom is 0.0716 e. The van der Waals surface area contributed by atoms with Crippen molar-refractivity contribution in [2.75, 3.05) is 0 Å². The monoisotopic (exact) mass is 434 g/mol. The van der Waals surface area contributed by atoms with E-state index in [1.807, 2.05) is 24.4 Å². The molecule has 34 heavy (non-hydrogen) atoms. The molecule has 0 radical (unpaired) electrons. The van der Waals surface area contributed by atoms with Gasteiger partial charge in [0.25, 0.3) is 0 Å². The molecule has 2 nitrogen and oxygen atoms in total. The fourth-order valence-electron chi connectivity index (χ4n) is 4.41. The lowest BCUT2D eigenvalue weighted by Crippen LogP contribution is -1.91. The number of rotatable bonds is 4. The summed E-state index contributed by atoms with van der Waals surface area (Å²) in [4.78, 5) is 9.28. The fourth-order valence-corrected chi connectivity index (χ4v) is 4.41. The molecule has 0 amide bonds. The van der Waals surface area contributed by atoms with E-state index in [1.165, 1.54) is 22.3 Å². The van der Waals surface area contributed by atoms with Crippen molar-refractivity contribution in [3.05, 3.63) is 134 Å². The van der Waals surface area contributed by atoms with Gasteiger partial charge in [0, 0.05) is 23.3 Å². The lowest BCUT2D eigenvalue weighted by atomic mass is 9.94. The van der Waals surface area contributed by atoms with Gasteiger partial charge in [-0.3, -0.25) is 4.98 Å². The van der Waals surface area contributed by atoms with Gasteiger partial charge < -0.3 is 0 Å². The summed E-state index contributed by atoms with van der Waals surface area (Å²) in [7, 11) is 0. The van der Waals surface area contributed by atoms with E-state index in [2.05, 4.69) is 108 Å². The van der Waals surface area contributed by atoms with E-state index in [-0.39, 0.29) is 0 Å². The Kier molecular flexibility index (Phi) is 5.17. The molecule has 0 aliphatic rings. The minimum atomic E-state index is 0.979. The fraction of sp³-hybridized carbons (Fsp3) is 0. The number of hydrogen-bond donors (Lipinski definition) is 0. The van der Waals surface area contributed by atoms with Gasteiger partial charge in [-0.1, -0.05) is 97.1 Å². The van der Waals surface area contributed by atoms with Gasteiger partial charge in [-0.05, 0) is 57.6 Å². The summed E-state index contributed by atoms with van der Waals surface area (Å²) in [5.74, 6) is 0. The highest BCUT2D eigenvalue weighted by Crippen LogP contribution is 2.35. The Morgan fingerprint density at radius 3 is 1.76 bits per heavy atom. The highest BCUT2D eigenvalue weighted by atomic mass is 14.7. The van der Waals surface area contributed by atoms with Crippen LogP contribution in [0.4, 0.5) is 0 Å². The van der Waals surface area contributed by atoms with Gasteiger partial charge in [0.15, 0.2) is 0 Å². The van der Waals surface area contributed by atoms with E-state index >= 15 is 0 Å². The second-order valence-corrected chi connectivity index (χ2v) is 8.34. The number of nitrogens with zero attached hydrogens (tertiary/aromatic N) is 2. The molecule has 0 atom stereocenters. The maximum absolute atomic E-state index is 5.02. The number of fused-ring (bicyclic) bond motifs is 1. The van der Waals surface area contributed by atoms with E-state index in [9.17, 15) is 0 Å². The first-order valence-corrected chi connectivity index (χ1v) is 11.4. The van der Waals surface area contributed by atoms with Gasteiger partial charge in [0.1, 0.15) is 0 Å². The molecule has 0 aliphatic carbocycles. The van der Waals surface area contributed by atoms with Crippen LogP contribution in [0.5, 0.6) is 0 Å². The van der Waals surface area contributed by atoms with E-state index in [4.69, 9.17) is 4.98 Å². The van der Waals surface area contributed by atoms with Crippen molar-refractivity contribution in [3.63, 3.8) is 0 Å². The normalized spacial score (nSPS) is 10.9. The van der Waals surface area contributed by atoms with Gasteiger partial charge in [0.2, 0.25) is 0 Å². The van der Waals surface area contributed by atoms with E-state index < -0.39 is 0 Å². The van der Waals surface area contributed by atoms with Crippen molar-refractivity contribution < 1.29 is 0 Å². The average molecular weight is 435 g/mol. The molecule has 0 fully saturated rings. The first kappa shape index (κ1) is 20.1. The molecular formula is C32H22N2. The second kappa shape index (κ2) is 8.76. The largest absolute Gasteiger partial charge is 0.264 e. The van der Waals surface area contributed by atoms with Crippen LogP contribution in [0.2, 0.25) is 0 Å². The molecule has 4 aromatic carbocycles. The lowest BCUT2D eigenvalue weighted by molar-refractivity contribution is 1.33. The molecule has 0 N–H and O–H groups in total. The van der Waals surface area contributed by atoms with E-state index in [1.54, 1.807) is 6.20 Å². The van der Waals surface area contributed by atoms with Crippen LogP contribution < -0.4 is 0 Å². The molecule has 0 saturated carbocycles. The summed E-state index contributed by atoms with van der Waals surface area (Å²) in [6, 6.07) is 42.4. The zero-order chi connectivity index (χ0) is 22.7. The van der Waals surface area contributed by atoms with Crippen LogP contribution in [0.25, 0.3) is 55.5 Å². The van der Waals surface area contributed by atoms with Gasteiger partial charge >= 0.3 is 0 Å². The van der Waals surface area contributed by atoms with Crippen LogP contribution in [-0.2, 0) is 0 Å². The van der Waals surface area contributed by atoms with Gasteiger partial charge in [0.05, 0.1) is 11.2 Å². The number of benzene rings is 4. The van der Waals surface area contributed by atoms with Crippen LogP contribution in [0.15, 0.2) is 134 Å².